The van der Waals surface area contributed by atoms with E-state index in [9.17, 15) is 0 Å². The summed E-state index contributed by atoms with van der Waals surface area (Å²) in [7, 11) is 3.80. The molecular weight excluding hydrogens is 503 g/mol. The Morgan fingerprint density at radius 1 is 1.23 bits per heavy atom. The lowest BCUT2D eigenvalue weighted by Gasteiger charge is -2.21. The van der Waals surface area contributed by atoms with Gasteiger partial charge in [-0.1, -0.05) is 30.3 Å². The van der Waals surface area contributed by atoms with Gasteiger partial charge in [0, 0.05) is 58.1 Å². The van der Waals surface area contributed by atoms with E-state index in [2.05, 4.69) is 31.5 Å². The molecule has 1 saturated heterocycles. The van der Waals surface area contributed by atoms with Crippen LogP contribution in [0.3, 0.4) is 0 Å². The van der Waals surface area contributed by atoms with Crippen molar-refractivity contribution in [1.82, 2.24) is 25.0 Å². The third kappa shape index (κ3) is 6.19. The Morgan fingerprint density at radius 2 is 2.06 bits per heavy atom. The Balaban J connectivity index is 0.00000272. The van der Waals surface area contributed by atoms with Crippen molar-refractivity contribution in [1.29, 1.82) is 0 Å². The fraction of sp³-hybridized carbons (Fsp3) is 0.348. The van der Waals surface area contributed by atoms with E-state index in [1.807, 2.05) is 67.4 Å². The molecule has 3 aromatic rings. The molecular formula is C23H29IN6O. The van der Waals surface area contributed by atoms with Crippen LogP contribution in [0.1, 0.15) is 29.0 Å². The van der Waals surface area contributed by atoms with E-state index in [-0.39, 0.29) is 24.0 Å². The van der Waals surface area contributed by atoms with E-state index in [4.69, 9.17) is 4.74 Å². The van der Waals surface area contributed by atoms with Gasteiger partial charge in [-0.25, -0.2) is 4.98 Å². The molecule has 1 aliphatic rings. The summed E-state index contributed by atoms with van der Waals surface area (Å²) in [5.74, 6) is 2.05. The number of hydrogen-bond acceptors (Lipinski definition) is 4. The topological polar surface area (TPSA) is 67.6 Å². The molecule has 1 N–H and O–H groups in total. The fourth-order valence-electron chi connectivity index (χ4n) is 3.76. The van der Waals surface area contributed by atoms with Gasteiger partial charge >= 0.3 is 0 Å². The molecule has 0 amide bonds. The van der Waals surface area contributed by atoms with Gasteiger partial charge in [0.05, 0.1) is 6.20 Å². The number of likely N-dealkylation sites (tertiary alicyclic amines) is 1. The van der Waals surface area contributed by atoms with E-state index in [1.54, 1.807) is 6.20 Å². The van der Waals surface area contributed by atoms with Crippen LogP contribution in [0.15, 0.2) is 66.0 Å². The predicted molar refractivity (Wildman–Crippen MR) is 133 cm³/mol. The number of pyridine rings is 1. The van der Waals surface area contributed by atoms with Crippen LogP contribution < -0.4 is 10.1 Å². The third-order valence-electron chi connectivity index (χ3n) is 5.38. The minimum Gasteiger partial charge on any atom is -0.473 e. The summed E-state index contributed by atoms with van der Waals surface area (Å²) < 4.78 is 7.71. The lowest BCUT2D eigenvalue weighted by Crippen LogP contribution is -2.39. The van der Waals surface area contributed by atoms with Gasteiger partial charge in [0.2, 0.25) is 5.88 Å². The Kier molecular flexibility index (Phi) is 8.27. The van der Waals surface area contributed by atoms with E-state index in [1.165, 1.54) is 5.56 Å². The van der Waals surface area contributed by atoms with E-state index in [0.717, 1.165) is 36.6 Å². The summed E-state index contributed by atoms with van der Waals surface area (Å²) >= 11 is 0. The van der Waals surface area contributed by atoms with Crippen LogP contribution in [-0.2, 0) is 20.2 Å². The first-order valence-electron chi connectivity index (χ1n) is 10.3. The van der Waals surface area contributed by atoms with Crippen LogP contribution in [0, 0.1) is 0 Å². The van der Waals surface area contributed by atoms with Gasteiger partial charge in [-0.2, -0.15) is 5.10 Å². The van der Waals surface area contributed by atoms with Crippen LogP contribution in [0.25, 0.3) is 0 Å². The highest BCUT2D eigenvalue weighted by molar-refractivity contribution is 14.0. The summed E-state index contributed by atoms with van der Waals surface area (Å²) in [6.45, 7) is 3.12. The van der Waals surface area contributed by atoms with Crippen LogP contribution in [0.4, 0.5) is 0 Å². The second-order valence-corrected chi connectivity index (χ2v) is 7.56. The lowest BCUT2D eigenvalue weighted by molar-refractivity contribution is 0.293. The number of aliphatic imine (C=N–C) groups is 1. The molecule has 1 unspecified atom stereocenters. The molecule has 4 rings (SSSR count). The molecule has 0 aliphatic carbocycles. The molecule has 0 bridgehead atoms. The monoisotopic (exact) mass is 532 g/mol. The number of rotatable bonds is 6. The van der Waals surface area contributed by atoms with Crippen LogP contribution >= 0.6 is 24.0 Å². The standard InChI is InChI=1S/C23H28N6O.HI/c1-24-23(29-11-9-20(16-29)21-14-27-28(2)15-21)26-13-19-8-10-25-22(12-19)30-17-18-6-4-3-5-7-18;/h3-8,10,12,14-15,20H,9,11,13,16-17H2,1-2H3,(H,24,26);1H. The molecule has 2 aromatic heterocycles. The molecule has 7 nitrogen and oxygen atoms in total. The number of nitrogens with zero attached hydrogens (tertiary/aromatic N) is 5. The summed E-state index contributed by atoms with van der Waals surface area (Å²) in [5.41, 5.74) is 3.53. The molecule has 8 heteroatoms. The van der Waals surface area contributed by atoms with Crippen molar-refractivity contribution in [2.75, 3.05) is 20.1 Å². The predicted octanol–water partition coefficient (Wildman–Crippen LogP) is 3.58. The highest BCUT2D eigenvalue weighted by atomic mass is 127. The Morgan fingerprint density at radius 3 is 2.81 bits per heavy atom. The Hall–Kier alpha value is -2.62. The van der Waals surface area contributed by atoms with Crippen molar-refractivity contribution in [3.8, 4) is 5.88 Å². The van der Waals surface area contributed by atoms with Crippen LogP contribution in [-0.4, -0.2) is 45.8 Å². The molecule has 0 radical (unpaired) electrons. The summed E-state index contributed by atoms with van der Waals surface area (Å²) in [6.07, 6.45) is 6.98. The number of ether oxygens (including phenoxy) is 1. The minimum atomic E-state index is 0. The number of nitrogens with one attached hydrogen (secondary N) is 1. The highest BCUT2D eigenvalue weighted by Crippen LogP contribution is 2.26. The lowest BCUT2D eigenvalue weighted by atomic mass is 10.0. The molecule has 1 fully saturated rings. The highest BCUT2D eigenvalue weighted by Gasteiger charge is 2.26. The van der Waals surface area contributed by atoms with Crippen molar-refractivity contribution in [3.63, 3.8) is 0 Å². The number of aromatic nitrogens is 3. The average molecular weight is 532 g/mol. The number of halogens is 1. The van der Waals surface area contributed by atoms with E-state index < -0.39 is 0 Å². The fourth-order valence-corrected chi connectivity index (χ4v) is 3.76. The van der Waals surface area contributed by atoms with Crippen molar-refractivity contribution in [2.24, 2.45) is 12.0 Å². The zero-order chi connectivity index (χ0) is 20.8. The summed E-state index contributed by atoms with van der Waals surface area (Å²) in [4.78, 5) is 11.1. The quantitative estimate of drug-likeness (QED) is 0.299. The van der Waals surface area contributed by atoms with Gasteiger partial charge in [0.1, 0.15) is 6.61 Å². The molecule has 1 aromatic carbocycles. The molecule has 1 aliphatic heterocycles. The van der Waals surface area contributed by atoms with Gasteiger partial charge in [-0.3, -0.25) is 9.67 Å². The summed E-state index contributed by atoms with van der Waals surface area (Å²) in [5, 5.41) is 7.78. The zero-order valence-corrected chi connectivity index (χ0v) is 20.3. The molecule has 0 spiro atoms. The Bertz CT molecular complexity index is 990. The molecule has 0 saturated carbocycles. The van der Waals surface area contributed by atoms with Gasteiger partial charge in [-0.15, -0.1) is 24.0 Å². The first kappa shape index (κ1) is 23.1. The molecule has 164 valence electrons. The average Bonchev–Trinajstić information content (AvgIpc) is 3.43. The second-order valence-electron chi connectivity index (χ2n) is 7.56. The maximum atomic E-state index is 5.84. The van der Waals surface area contributed by atoms with Gasteiger partial charge in [-0.05, 0) is 29.2 Å². The van der Waals surface area contributed by atoms with Crippen molar-refractivity contribution in [2.45, 2.75) is 25.5 Å². The molecule has 1 atom stereocenters. The molecule has 3 heterocycles. The van der Waals surface area contributed by atoms with Crippen LogP contribution in [0.5, 0.6) is 5.88 Å². The summed E-state index contributed by atoms with van der Waals surface area (Å²) in [6, 6.07) is 14.1. The minimum absolute atomic E-state index is 0. The van der Waals surface area contributed by atoms with Crippen molar-refractivity contribution in [3.05, 3.63) is 77.7 Å². The normalized spacial score (nSPS) is 16.1. The number of aryl methyl sites for hydroxylation is 1. The Labute approximate surface area is 200 Å². The first-order chi connectivity index (χ1) is 14.7. The maximum Gasteiger partial charge on any atom is 0.213 e. The van der Waals surface area contributed by atoms with Gasteiger partial charge < -0.3 is 15.0 Å². The largest absolute Gasteiger partial charge is 0.473 e. The van der Waals surface area contributed by atoms with Crippen LogP contribution in [0.2, 0.25) is 0 Å². The van der Waals surface area contributed by atoms with Crippen molar-refractivity contribution >= 4 is 29.9 Å². The van der Waals surface area contributed by atoms with E-state index in [0.29, 0.717) is 24.9 Å². The van der Waals surface area contributed by atoms with Gasteiger partial charge in [0.15, 0.2) is 5.96 Å². The number of guanidine groups is 1. The van der Waals surface area contributed by atoms with Crippen molar-refractivity contribution < 1.29 is 4.74 Å². The smallest absolute Gasteiger partial charge is 0.213 e. The molecule has 31 heavy (non-hydrogen) atoms. The maximum absolute atomic E-state index is 5.84. The third-order valence-corrected chi connectivity index (χ3v) is 5.38. The number of benzene rings is 1. The first-order valence-corrected chi connectivity index (χ1v) is 10.3. The van der Waals surface area contributed by atoms with Gasteiger partial charge in [0.25, 0.3) is 0 Å². The zero-order valence-electron chi connectivity index (χ0n) is 17.9. The SMILES string of the molecule is CN=C(NCc1ccnc(OCc2ccccc2)c1)N1CCC(c2cnn(C)c2)C1.I. The number of hydrogen-bond donors (Lipinski definition) is 1. The second kappa shape index (κ2) is 11.1. The van der Waals surface area contributed by atoms with E-state index >= 15 is 0 Å².